The summed E-state index contributed by atoms with van der Waals surface area (Å²) < 4.78 is 11.2. The Morgan fingerprint density at radius 1 is 1.12 bits per heavy atom. The van der Waals surface area contributed by atoms with Crippen molar-refractivity contribution in [1.82, 2.24) is 5.32 Å². The molecule has 1 aliphatic heterocycles. The molecule has 0 fully saturated rings. The molecule has 0 bridgehead atoms. The van der Waals surface area contributed by atoms with Gasteiger partial charge in [0.15, 0.2) is 11.5 Å². The highest BCUT2D eigenvalue weighted by Crippen LogP contribution is 2.32. The van der Waals surface area contributed by atoms with Gasteiger partial charge in [0, 0.05) is 29.2 Å². The number of rotatable bonds is 5. The van der Waals surface area contributed by atoms with E-state index in [1.54, 1.807) is 6.07 Å². The molecular formula is C19H21ClN2O3. The number of nitrogens with one attached hydrogen (secondary N) is 2. The molecule has 2 aromatic rings. The van der Waals surface area contributed by atoms with Crippen LogP contribution in [0.2, 0.25) is 5.02 Å². The number of hydrogen-bond donors (Lipinski definition) is 2. The summed E-state index contributed by atoms with van der Waals surface area (Å²) in [4.78, 5) is 12.2. The topological polar surface area (TPSA) is 59.6 Å². The first-order chi connectivity index (χ1) is 12.1. The second-order valence-corrected chi connectivity index (χ2v) is 6.35. The van der Waals surface area contributed by atoms with E-state index in [4.69, 9.17) is 21.1 Å². The minimum Gasteiger partial charge on any atom is -0.490 e. The van der Waals surface area contributed by atoms with E-state index in [-0.39, 0.29) is 18.5 Å². The van der Waals surface area contributed by atoms with Crippen molar-refractivity contribution in [2.45, 2.75) is 19.4 Å². The predicted octanol–water partition coefficient (Wildman–Crippen LogP) is 3.79. The Hall–Kier alpha value is -2.24. The van der Waals surface area contributed by atoms with E-state index in [1.807, 2.05) is 43.3 Å². The number of carbonyl (C=O) groups excluding carboxylic acids is 1. The van der Waals surface area contributed by atoms with Crippen LogP contribution >= 0.6 is 11.6 Å². The van der Waals surface area contributed by atoms with Crippen LogP contribution in [0.1, 0.15) is 24.9 Å². The summed E-state index contributed by atoms with van der Waals surface area (Å²) in [7, 11) is 0. The maximum Gasteiger partial charge on any atom is 0.238 e. The molecule has 2 N–H and O–H groups in total. The number of ether oxygens (including phenoxy) is 2. The molecular weight excluding hydrogens is 340 g/mol. The van der Waals surface area contributed by atoms with Crippen molar-refractivity contribution in [2.75, 3.05) is 25.1 Å². The maximum absolute atomic E-state index is 12.2. The van der Waals surface area contributed by atoms with Gasteiger partial charge in [0.05, 0.1) is 19.8 Å². The molecule has 3 rings (SSSR count). The number of halogens is 1. The van der Waals surface area contributed by atoms with Crippen molar-refractivity contribution in [3.05, 3.63) is 53.1 Å². The Labute approximate surface area is 152 Å². The smallest absolute Gasteiger partial charge is 0.238 e. The maximum atomic E-state index is 12.2. The molecule has 6 heteroatoms. The lowest BCUT2D eigenvalue weighted by Crippen LogP contribution is -2.30. The standard InChI is InChI=1S/C19H21ClN2O3/c1-13(14-3-5-15(20)6-4-14)21-12-19(23)22-16-7-8-17-18(11-16)25-10-2-9-24-17/h3-8,11,13,21H,2,9-10,12H2,1H3,(H,22,23)/t13-/m1/s1. The monoisotopic (exact) mass is 360 g/mol. The van der Waals surface area contributed by atoms with Gasteiger partial charge in [-0.05, 0) is 36.8 Å². The molecule has 5 nitrogen and oxygen atoms in total. The summed E-state index contributed by atoms with van der Waals surface area (Å²) in [6.07, 6.45) is 0.850. The van der Waals surface area contributed by atoms with E-state index in [2.05, 4.69) is 10.6 Å². The van der Waals surface area contributed by atoms with E-state index in [0.29, 0.717) is 35.4 Å². The number of benzene rings is 2. The normalized spacial score (nSPS) is 14.5. The molecule has 1 atom stereocenters. The summed E-state index contributed by atoms with van der Waals surface area (Å²) in [5.74, 6) is 1.26. The Morgan fingerprint density at radius 3 is 2.60 bits per heavy atom. The zero-order valence-electron chi connectivity index (χ0n) is 14.0. The first kappa shape index (κ1) is 17.6. The van der Waals surface area contributed by atoms with Crippen molar-refractivity contribution in [3.8, 4) is 11.5 Å². The molecule has 132 valence electrons. The van der Waals surface area contributed by atoms with Gasteiger partial charge < -0.3 is 20.1 Å². The molecule has 0 spiro atoms. The fraction of sp³-hybridized carbons (Fsp3) is 0.316. The molecule has 1 heterocycles. The van der Waals surface area contributed by atoms with Crippen molar-refractivity contribution in [2.24, 2.45) is 0 Å². The van der Waals surface area contributed by atoms with Gasteiger partial charge >= 0.3 is 0 Å². The fourth-order valence-electron chi connectivity index (χ4n) is 2.56. The molecule has 1 aliphatic rings. The molecule has 0 radical (unpaired) electrons. The molecule has 1 amide bonds. The minimum atomic E-state index is -0.115. The molecule has 0 saturated carbocycles. The van der Waals surface area contributed by atoms with E-state index >= 15 is 0 Å². The number of anilines is 1. The van der Waals surface area contributed by atoms with Gasteiger partial charge in [-0.15, -0.1) is 0 Å². The third-order valence-corrected chi connectivity index (χ3v) is 4.22. The average Bonchev–Trinajstić information content (AvgIpc) is 2.85. The van der Waals surface area contributed by atoms with Gasteiger partial charge in [0.25, 0.3) is 0 Å². The number of carbonyl (C=O) groups is 1. The minimum absolute atomic E-state index is 0.0480. The van der Waals surface area contributed by atoms with Crippen LogP contribution in [0.25, 0.3) is 0 Å². The number of hydrogen-bond acceptors (Lipinski definition) is 4. The van der Waals surface area contributed by atoms with Crippen molar-refractivity contribution < 1.29 is 14.3 Å². The van der Waals surface area contributed by atoms with E-state index in [1.165, 1.54) is 0 Å². The molecule has 0 aromatic heterocycles. The van der Waals surface area contributed by atoms with Gasteiger partial charge in [-0.3, -0.25) is 4.79 Å². The predicted molar refractivity (Wildman–Crippen MR) is 98.5 cm³/mol. The van der Waals surface area contributed by atoms with Crippen LogP contribution < -0.4 is 20.1 Å². The highest BCUT2D eigenvalue weighted by Gasteiger charge is 2.12. The van der Waals surface area contributed by atoms with Crippen LogP contribution in [-0.2, 0) is 4.79 Å². The quantitative estimate of drug-likeness (QED) is 0.851. The van der Waals surface area contributed by atoms with Crippen molar-refractivity contribution in [3.63, 3.8) is 0 Å². The summed E-state index contributed by atoms with van der Waals surface area (Å²) in [6, 6.07) is 13.0. The highest BCUT2D eigenvalue weighted by atomic mass is 35.5. The Bertz CT molecular complexity index is 734. The summed E-state index contributed by atoms with van der Waals surface area (Å²) in [6.45, 7) is 3.47. The second-order valence-electron chi connectivity index (χ2n) is 5.91. The number of amides is 1. The highest BCUT2D eigenvalue weighted by molar-refractivity contribution is 6.30. The summed E-state index contributed by atoms with van der Waals surface area (Å²) in [5, 5.41) is 6.77. The average molecular weight is 361 g/mol. The van der Waals surface area contributed by atoms with Crippen molar-refractivity contribution >= 4 is 23.2 Å². The molecule has 0 saturated heterocycles. The van der Waals surface area contributed by atoms with Crippen LogP contribution in [0.3, 0.4) is 0 Å². The second kappa shape index (κ2) is 8.23. The first-order valence-electron chi connectivity index (χ1n) is 8.30. The first-order valence-corrected chi connectivity index (χ1v) is 8.68. The lowest BCUT2D eigenvalue weighted by molar-refractivity contribution is -0.115. The Morgan fingerprint density at radius 2 is 1.84 bits per heavy atom. The lowest BCUT2D eigenvalue weighted by Gasteiger charge is -2.15. The van der Waals surface area contributed by atoms with E-state index in [0.717, 1.165) is 12.0 Å². The van der Waals surface area contributed by atoms with Gasteiger partial charge in [0.2, 0.25) is 5.91 Å². The molecule has 0 unspecified atom stereocenters. The number of fused-ring (bicyclic) bond motifs is 1. The Kier molecular flexibility index (Phi) is 5.79. The van der Waals surface area contributed by atoms with Crippen LogP contribution in [0, 0.1) is 0 Å². The van der Waals surface area contributed by atoms with Gasteiger partial charge in [-0.1, -0.05) is 23.7 Å². The van der Waals surface area contributed by atoms with Crippen molar-refractivity contribution in [1.29, 1.82) is 0 Å². The lowest BCUT2D eigenvalue weighted by atomic mass is 10.1. The van der Waals surface area contributed by atoms with E-state index in [9.17, 15) is 4.79 Å². The van der Waals surface area contributed by atoms with Gasteiger partial charge in [-0.2, -0.15) is 0 Å². The largest absolute Gasteiger partial charge is 0.490 e. The SMILES string of the molecule is C[C@@H](NCC(=O)Nc1ccc2c(c1)OCCCO2)c1ccc(Cl)cc1. The summed E-state index contributed by atoms with van der Waals surface area (Å²) >= 11 is 5.89. The van der Waals surface area contributed by atoms with Crippen LogP contribution in [-0.4, -0.2) is 25.7 Å². The summed E-state index contributed by atoms with van der Waals surface area (Å²) in [5.41, 5.74) is 1.77. The zero-order valence-corrected chi connectivity index (χ0v) is 14.8. The van der Waals surface area contributed by atoms with Crippen LogP contribution in [0.4, 0.5) is 5.69 Å². The van der Waals surface area contributed by atoms with Crippen LogP contribution in [0.15, 0.2) is 42.5 Å². The zero-order chi connectivity index (χ0) is 17.6. The molecule has 2 aromatic carbocycles. The molecule has 0 aliphatic carbocycles. The fourth-order valence-corrected chi connectivity index (χ4v) is 2.69. The van der Waals surface area contributed by atoms with Crippen LogP contribution in [0.5, 0.6) is 11.5 Å². The third-order valence-electron chi connectivity index (χ3n) is 3.97. The Balaban J connectivity index is 1.54. The van der Waals surface area contributed by atoms with Gasteiger partial charge in [-0.25, -0.2) is 0 Å². The van der Waals surface area contributed by atoms with E-state index < -0.39 is 0 Å². The van der Waals surface area contributed by atoms with Gasteiger partial charge in [0.1, 0.15) is 0 Å². The molecule has 25 heavy (non-hydrogen) atoms. The third kappa shape index (κ3) is 4.87.